The van der Waals surface area contributed by atoms with Crippen molar-refractivity contribution in [1.82, 2.24) is 5.32 Å². The van der Waals surface area contributed by atoms with E-state index in [0.717, 1.165) is 18.6 Å². The smallest absolute Gasteiger partial charge is 0.124 e. The number of hydrogen-bond acceptors (Lipinski definition) is 3. The maximum atomic E-state index is 6.57. The minimum Gasteiger partial charge on any atom is -0.496 e. The Hall–Kier alpha value is -1.84. The summed E-state index contributed by atoms with van der Waals surface area (Å²) < 4.78 is 12.3. The van der Waals surface area contributed by atoms with Gasteiger partial charge in [0, 0.05) is 23.1 Å². The highest BCUT2D eigenvalue weighted by molar-refractivity contribution is 5.58. The van der Waals surface area contributed by atoms with Crippen molar-refractivity contribution < 1.29 is 9.47 Å². The summed E-state index contributed by atoms with van der Waals surface area (Å²) in [6.45, 7) is 10.7. The van der Waals surface area contributed by atoms with E-state index in [9.17, 15) is 0 Å². The lowest BCUT2D eigenvalue weighted by molar-refractivity contribution is 0.0139. The normalized spacial score (nSPS) is 34.7. The van der Waals surface area contributed by atoms with Crippen LogP contribution in [0.4, 0.5) is 0 Å². The molecule has 4 unspecified atom stereocenters. The zero-order valence-corrected chi connectivity index (χ0v) is 16.2. The Morgan fingerprint density at radius 3 is 2.92 bits per heavy atom. The summed E-state index contributed by atoms with van der Waals surface area (Å²) in [5, 5.41) is 3.78. The summed E-state index contributed by atoms with van der Waals surface area (Å²) in [4.78, 5) is 0. The Bertz CT molecular complexity index is 778. The molecule has 4 rings (SSSR count). The molecule has 4 aliphatic rings. The van der Waals surface area contributed by atoms with Gasteiger partial charge < -0.3 is 14.8 Å². The van der Waals surface area contributed by atoms with Crippen LogP contribution in [0.2, 0.25) is 0 Å². The standard InChI is InChI=1S/C23H29NO2/c1-6-8-18-22-15(21-17(25-5)9-7-10-19(21)26-18)11-12-16-20(22)14(2)13-23(3,4)24-16/h6-7,9,11-13,16,18-20,24H,1,8,10H2,2-5H3. The third kappa shape index (κ3) is 2.74. The fourth-order valence-corrected chi connectivity index (χ4v) is 5.06. The number of rotatable bonds is 3. The molecule has 0 saturated heterocycles. The SMILES string of the molecule is C=CCC1OC2CC=CC(OC)=C2C2=C1C1C(C)=CC(C)(C)NC1C=C2. The van der Waals surface area contributed by atoms with Gasteiger partial charge in [-0.1, -0.05) is 36.0 Å². The topological polar surface area (TPSA) is 30.5 Å². The molecule has 0 amide bonds. The minimum absolute atomic E-state index is 0.00415. The van der Waals surface area contributed by atoms with Gasteiger partial charge in [-0.05, 0) is 50.8 Å². The van der Waals surface area contributed by atoms with Crippen LogP contribution in [0.1, 0.15) is 33.6 Å². The Morgan fingerprint density at radius 2 is 2.19 bits per heavy atom. The van der Waals surface area contributed by atoms with E-state index in [4.69, 9.17) is 9.47 Å². The maximum absolute atomic E-state index is 6.57. The summed E-state index contributed by atoms with van der Waals surface area (Å²) in [6.07, 6.45) is 15.1. The molecule has 4 atom stereocenters. The van der Waals surface area contributed by atoms with Gasteiger partial charge in [-0.25, -0.2) is 0 Å². The average Bonchev–Trinajstić information content (AvgIpc) is 2.59. The Labute approximate surface area is 156 Å². The molecule has 1 N–H and O–H groups in total. The van der Waals surface area contributed by atoms with Crippen LogP contribution in [0.3, 0.4) is 0 Å². The van der Waals surface area contributed by atoms with Gasteiger partial charge in [0.2, 0.25) is 0 Å². The van der Waals surface area contributed by atoms with Gasteiger partial charge >= 0.3 is 0 Å². The van der Waals surface area contributed by atoms with Crippen LogP contribution >= 0.6 is 0 Å². The van der Waals surface area contributed by atoms with Crippen molar-refractivity contribution in [2.45, 2.75) is 57.4 Å². The van der Waals surface area contributed by atoms with Crippen LogP contribution in [-0.2, 0) is 9.47 Å². The van der Waals surface area contributed by atoms with Gasteiger partial charge in [-0.15, -0.1) is 6.58 Å². The number of nitrogens with one attached hydrogen (secondary N) is 1. The second-order valence-electron chi connectivity index (χ2n) is 8.24. The van der Waals surface area contributed by atoms with Crippen molar-refractivity contribution >= 4 is 0 Å². The highest BCUT2D eigenvalue weighted by atomic mass is 16.5. The van der Waals surface area contributed by atoms with E-state index in [0.29, 0.717) is 12.0 Å². The van der Waals surface area contributed by atoms with Crippen molar-refractivity contribution in [3.63, 3.8) is 0 Å². The molecule has 0 aromatic heterocycles. The fraction of sp³-hybridized carbons (Fsp3) is 0.478. The van der Waals surface area contributed by atoms with E-state index in [1.807, 2.05) is 6.08 Å². The molecule has 0 spiro atoms. The van der Waals surface area contributed by atoms with Gasteiger partial charge in [-0.3, -0.25) is 0 Å². The van der Waals surface area contributed by atoms with Crippen LogP contribution in [-0.4, -0.2) is 30.9 Å². The molecule has 0 aromatic rings. The molecule has 3 nitrogen and oxygen atoms in total. The first-order chi connectivity index (χ1) is 12.4. The third-order valence-corrected chi connectivity index (χ3v) is 5.87. The summed E-state index contributed by atoms with van der Waals surface area (Å²) in [7, 11) is 1.75. The van der Waals surface area contributed by atoms with E-state index in [2.05, 4.69) is 63.0 Å². The lowest BCUT2D eigenvalue weighted by Crippen LogP contribution is -2.54. The molecule has 0 fully saturated rings. The van der Waals surface area contributed by atoms with Gasteiger partial charge in [-0.2, -0.15) is 0 Å². The molecule has 3 heteroatoms. The Morgan fingerprint density at radius 1 is 1.38 bits per heavy atom. The number of methoxy groups -OCH3 is 1. The molecule has 0 aromatic carbocycles. The van der Waals surface area contributed by atoms with Crippen molar-refractivity contribution in [2.24, 2.45) is 5.92 Å². The van der Waals surface area contributed by atoms with Gasteiger partial charge in [0.1, 0.15) is 5.76 Å². The molecular formula is C23H29NO2. The van der Waals surface area contributed by atoms with Crippen LogP contribution < -0.4 is 5.32 Å². The van der Waals surface area contributed by atoms with E-state index in [1.54, 1.807) is 7.11 Å². The third-order valence-electron chi connectivity index (χ3n) is 5.87. The summed E-state index contributed by atoms with van der Waals surface area (Å²) in [5.74, 6) is 1.25. The second kappa shape index (κ2) is 6.40. The first kappa shape index (κ1) is 17.6. The fourth-order valence-electron chi connectivity index (χ4n) is 5.06. The molecule has 0 saturated carbocycles. The van der Waals surface area contributed by atoms with Crippen molar-refractivity contribution in [2.75, 3.05) is 7.11 Å². The van der Waals surface area contributed by atoms with Crippen molar-refractivity contribution in [3.8, 4) is 0 Å². The summed E-state index contributed by atoms with van der Waals surface area (Å²) in [6, 6.07) is 0.298. The lowest BCUT2D eigenvalue weighted by atomic mass is 9.69. The Balaban J connectivity index is 1.90. The van der Waals surface area contributed by atoms with Gasteiger partial charge in [0.15, 0.2) is 0 Å². The van der Waals surface area contributed by atoms with E-state index < -0.39 is 0 Å². The maximum Gasteiger partial charge on any atom is 0.124 e. The van der Waals surface area contributed by atoms with E-state index in [-0.39, 0.29) is 17.7 Å². The van der Waals surface area contributed by atoms with Crippen LogP contribution in [0.5, 0.6) is 0 Å². The molecule has 2 heterocycles. The van der Waals surface area contributed by atoms with E-state index >= 15 is 0 Å². The lowest BCUT2D eigenvalue weighted by Gasteiger charge is -2.47. The second-order valence-corrected chi connectivity index (χ2v) is 8.24. The number of fused-ring (bicyclic) bond motifs is 4. The zero-order chi connectivity index (χ0) is 18.5. The highest BCUT2D eigenvalue weighted by Gasteiger charge is 2.44. The zero-order valence-electron chi connectivity index (χ0n) is 16.2. The summed E-state index contributed by atoms with van der Waals surface area (Å²) in [5.41, 5.74) is 5.31. The molecule has 2 aliphatic heterocycles. The monoisotopic (exact) mass is 351 g/mol. The number of allylic oxidation sites excluding steroid dienone is 2. The molecular weight excluding hydrogens is 322 g/mol. The molecule has 26 heavy (non-hydrogen) atoms. The van der Waals surface area contributed by atoms with Gasteiger partial charge in [0.25, 0.3) is 0 Å². The number of hydrogen-bond donors (Lipinski definition) is 1. The largest absolute Gasteiger partial charge is 0.496 e. The van der Waals surface area contributed by atoms with E-state index in [1.165, 1.54) is 22.3 Å². The molecule has 0 bridgehead atoms. The van der Waals surface area contributed by atoms with Gasteiger partial charge in [0.05, 0.1) is 19.3 Å². The highest BCUT2D eigenvalue weighted by Crippen LogP contribution is 2.47. The van der Waals surface area contributed by atoms with Crippen molar-refractivity contribution in [1.29, 1.82) is 0 Å². The molecule has 2 aliphatic carbocycles. The minimum atomic E-state index is 0.00415. The first-order valence-electron chi connectivity index (χ1n) is 9.56. The summed E-state index contributed by atoms with van der Waals surface area (Å²) >= 11 is 0. The quantitative estimate of drug-likeness (QED) is 0.766. The number of ether oxygens (including phenoxy) is 2. The van der Waals surface area contributed by atoms with Crippen LogP contribution in [0.25, 0.3) is 0 Å². The first-order valence-corrected chi connectivity index (χ1v) is 9.56. The van der Waals surface area contributed by atoms with Crippen LogP contribution in [0, 0.1) is 5.92 Å². The average molecular weight is 351 g/mol. The molecule has 138 valence electrons. The Kier molecular flexibility index (Phi) is 4.32. The predicted octanol–water partition coefficient (Wildman–Crippen LogP) is 4.37. The van der Waals surface area contributed by atoms with Crippen molar-refractivity contribution in [3.05, 3.63) is 71.1 Å². The van der Waals surface area contributed by atoms with Crippen LogP contribution in [0.15, 0.2) is 71.1 Å². The predicted molar refractivity (Wildman–Crippen MR) is 106 cm³/mol. The molecule has 0 radical (unpaired) electrons.